The molecule has 2 aliphatic heterocycles. The van der Waals surface area contributed by atoms with Crippen LogP contribution in [0.4, 0.5) is 5.69 Å². The molecule has 0 aromatic heterocycles. The summed E-state index contributed by atoms with van der Waals surface area (Å²) in [4.78, 5) is 31.0. The zero-order valence-corrected chi connectivity index (χ0v) is 16.6. The zero-order valence-electron chi connectivity index (χ0n) is 15.8. The number of para-hydroxylation sites is 1. The highest BCUT2D eigenvalue weighted by molar-refractivity contribution is 6.33. The highest BCUT2D eigenvalue weighted by Gasteiger charge is 2.23. The summed E-state index contributed by atoms with van der Waals surface area (Å²) in [5.74, 6) is 0.244. The van der Waals surface area contributed by atoms with Gasteiger partial charge in [-0.25, -0.2) is 0 Å². The van der Waals surface area contributed by atoms with Gasteiger partial charge in [0.05, 0.1) is 17.3 Å². The smallest absolute Gasteiger partial charge is 0.236 e. The summed E-state index contributed by atoms with van der Waals surface area (Å²) in [7, 11) is 0. The number of nitrogens with one attached hydrogen (secondary N) is 1. The summed E-state index contributed by atoms with van der Waals surface area (Å²) in [5.41, 5.74) is 0.658. The Balaban J connectivity index is 1.34. The van der Waals surface area contributed by atoms with Gasteiger partial charge in [0.15, 0.2) is 0 Å². The van der Waals surface area contributed by atoms with Crippen molar-refractivity contribution >= 4 is 29.1 Å². The Hall–Kier alpha value is -1.63. The molecular weight excluding hydrogens is 364 g/mol. The van der Waals surface area contributed by atoms with Gasteiger partial charge in [0, 0.05) is 52.2 Å². The van der Waals surface area contributed by atoms with Gasteiger partial charge in [0.2, 0.25) is 11.8 Å². The minimum atomic E-state index is -0.0224. The number of rotatable bonds is 6. The highest BCUT2D eigenvalue weighted by Crippen LogP contribution is 2.20. The maximum absolute atomic E-state index is 12.4. The number of amides is 2. The van der Waals surface area contributed by atoms with Crippen LogP contribution < -0.4 is 5.32 Å². The van der Waals surface area contributed by atoms with Crippen molar-refractivity contribution in [3.05, 3.63) is 29.3 Å². The van der Waals surface area contributed by atoms with Crippen LogP contribution in [0.25, 0.3) is 0 Å². The summed E-state index contributed by atoms with van der Waals surface area (Å²) < 4.78 is 0. The van der Waals surface area contributed by atoms with E-state index in [0.29, 0.717) is 23.7 Å². The van der Waals surface area contributed by atoms with E-state index in [9.17, 15) is 9.59 Å². The largest absolute Gasteiger partial charge is 0.342 e. The molecule has 1 aromatic carbocycles. The van der Waals surface area contributed by atoms with Crippen LogP contribution >= 0.6 is 11.6 Å². The molecule has 0 saturated carbocycles. The topological polar surface area (TPSA) is 55.9 Å². The van der Waals surface area contributed by atoms with E-state index < -0.39 is 0 Å². The Morgan fingerprint density at radius 2 is 1.59 bits per heavy atom. The van der Waals surface area contributed by atoms with Gasteiger partial charge in [-0.2, -0.15) is 0 Å². The Bertz CT molecular complexity index is 641. The highest BCUT2D eigenvalue weighted by atomic mass is 35.5. The lowest BCUT2D eigenvalue weighted by Gasteiger charge is -2.36. The first-order chi connectivity index (χ1) is 13.1. The molecule has 7 heteroatoms. The lowest BCUT2D eigenvalue weighted by Crippen LogP contribution is -2.51. The second-order valence-corrected chi connectivity index (χ2v) is 7.74. The lowest BCUT2D eigenvalue weighted by atomic mass is 10.1. The summed E-state index contributed by atoms with van der Waals surface area (Å²) in [6.07, 6.45) is 3.95. The Kier molecular flexibility index (Phi) is 7.50. The van der Waals surface area contributed by atoms with Crippen LogP contribution in [-0.4, -0.2) is 78.9 Å². The van der Waals surface area contributed by atoms with Crippen molar-refractivity contribution in [3.8, 4) is 0 Å². The van der Waals surface area contributed by atoms with Gasteiger partial charge in [0.1, 0.15) is 0 Å². The predicted octanol–water partition coefficient (Wildman–Crippen LogP) is 2.30. The molecule has 2 amide bonds. The fourth-order valence-electron chi connectivity index (χ4n) is 3.64. The van der Waals surface area contributed by atoms with Crippen LogP contribution in [0.1, 0.15) is 25.7 Å². The molecule has 6 nitrogen and oxygen atoms in total. The zero-order chi connectivity index (χ0) is 19.1. The molecule has 2 saturated heterocycles. The minimum Gasteiger partial charge on any atom is -0.342 e. The van der Waals surface area contributed by atoms with Crippen molar-refractivity contribution in [1.82, 2.24) is 14.7 Å². The fraction of sp³-hybridized carbons (Fsp3) is 0.600. The van der Waals surface area contributed by atoms with Crippen molar-refractivity contribution in [2.45, 2.75) is 25.7 Å². The SMILES string of the molecule is O=C(CCN1CCN(CC(=O)N2CCCCC2)CC1)Nc1ccccc1Cl. The molecule has 0 spiro atoms. The van der Waals surface area contributed by atoms with E-state index >= 15 is 0 Å². The molecule has 1 N–H and O–H groups in total. The van der Waals surface area contributed by atoms with Crippen LogP contribution in [0.3, 0.4) is 0 Å². The fourth-order valence-corrected chi connectivity index (χ4v) is 3.82. The summed E-state index contributed by atoms with van der Waals surface area (Å²) in [6.45, 7) is 6.64. The first-order valence-electron chi connectivity index (χ1n) is 9.89. The third kappa shape index (κ3) is 6.19. The number of likely N-dealkylation sites (tertiary alicyclic amines) is 1. The van der Waals surface area contributed by atoms with Crippen molar-refractivity contribution < 1.29 is 9.59 Å². The van der Waals surface area contributed by atoms with Crippen LogP contribution in [-0.2, 0) is 9.59 Å². The molecule has 1 aromatic rings. The number of carbonyl (C=O) groups excluding carboxylic acids is 2. The number of piperidine rings is 1. The first kappa shape index (κ1) is 20.1. The number of hydrogen-bond acceptors (Lipinski definition) is 4. The van der Waals surface area contributed by atoms with Crippen molar-refractivity contribution in [2.24, 2.45) is 0 Å². The molecular formula is C20H29ClN4O2. The quantitative estimate of drug-likeness (QED) is 0.807. The number of halogens is 1. The molecule has 0 unspecified atom stereocenters. The molecule has 148 valence electrons. The van der Waals surface area contributed by atoms with E-state index in [0.717, 1.165) is 58.7 Å². The average molecular weight is 393 g/mol. The minimum absolute atomic E-state index is 0.0224. The van der Waals surface area contributed by atoms with E-state index in [-0.39, 0.29) is 11.8 Å². The monoisotopic (exact) mass is 392 g/mol. The number of benzene rings is 1. The third-order valence-corrected chi connectivity index (χ3v) is 5.67. The number of carbonyl (C=O) groups is 2. The molecule has 0 aliphatic carbocycles. The van der Waals surface area contributed by atoms with Gasteiger partial charge in [-0.1, -0.05) is 23.7 Å². The lowest BCUT2D eigenvalue weighted by molar-refractivity contribution is -0.133. The molecule has 0 radical (unpaired) electrons. The second kappa shape index (κ2) is 10.1. The van der Waals surface area contributed by atoms with E-state index in [1.807, 2.05) is 17.0 Å². The van der Waals surface area contributed by atoms with Crippen molar-refractivity contribution in [2.75, 3.05) is 57.7 Å². The Labute approximate surface area is 166 Å². The Morgan fingerprint density at radius 3 is 2.30 bits per heavy atom. The van der Waals surface area contributed by atoms with Gasteiger partial charge < -0.3 is 15.1 Å². The predicted molar refractivity (Wildman–Crippen MR) is 108 cm³/mol. The van der Waals surface area contributed by atoms with E-state index in [1.54, 1.807) is 12.1 Å². The molecule has 0 atom stereocenters. The molecule has 2 aliphatic rings. The van der Waals surface area contributed by atoms with Crippen molar-refractivity contribution in [3.63, 3.8) is 0 Å². The number of piperazine rings is 1. The maximum atomic E-state index is 12.4. The average Bonchev–Trinajstić information content (AvgIpc) is 2.70. The molecule has 0 bridgehead atoms. The molecule has 2 fully saturated rings. The number of anilines is 1. The van der Waals surface area contributed by atoms with E-state index in [1.165, 1.54) is 6.42 Å². The standard InChI is InChI=1S/C20H29ClN4O2/c21-17-6-2-3-7-18(17)22-19(26)8-11-23-12-14-24(15-13-23)16-20(27)25-9-4-1-5-10-25/h2-3,6-7H,1,4-5,8-16H2,(H,22,26). The second-order valence-electron chi connectivity index (χ2n) is 7.34. The molecule has 3 rings (SSSR count). The van der Waals surface area contributed by atoms with Gasteiger partial charge in [-0.3, -0.25) is 14.5 Å². The van der Waals surface area contributed by atoms with Gasteiger partial charge in [-0.05, 0) is 31.4 Å². The van der Waals surface area contributed by atoms with Crippen LogP contribution in [0.2, 0.25) is 5.02 Å². The molecule has 27 heavy (non-hydrogen) atoms. The third-order valence-electron chi connectivity index (χ3n) is 5.34. The maximum Gasteiger partial charge on any atom is 0.236 e. The summed E-state index contributed by atoms with van der Waals surface area (Å²) in [5, 5.41) is 3.42. The molecule has 2 heterocycles. The van der Waals surface area contributed by atoms with Crippen LogP contribution in [0.15, 0.2) is 24.3 Å². The van der Waals surface area contributed by atoms with Gasteiger partial charge in [-0.15, -0.1) is 0 Å². The van der Waals surface area contributed by atoms with Crippen molar-refractivity contribution in [1.29, 1.82) is 0 Å². The first-order valence-corrected chi connectivity index (χ1v) is 10.3. The van der Waals surface area contributed by atoms with Crippen LogP contribution in [0, 0.1) is 0 Å². The number of nitrogens with zero attached hydrogens (tertiary/aromatic N) is 3. The summed E-state index contributed by atoms with van der Waals surface area (Å²) >= 11 is 6.07. The van der Waals surface area contributed by atoms with E-state index in [4.69, 9.17) is 11.6 Å². The van der Waals surface area contributed by atoms with Gasteiger partial charge in [0.25, 0.3) is 0 Å². The van der Waals surface area contributed by atoms with Crippen LogP contribution in [0.5, 0.6) is 0 Å². The number of hydrogen-bond donors (Lipinski definition) is 1. The normalized spacial score (nSPS) is 19.1. The van der Waals surface area contributed by atoms with Gasteiger partial charge >= 0.3 is 0 Å². The summed E-state index contributed by atoms with van der Waals surface area (Å²) in [6, 6.07) is 7.26. The Morgan fingerprint density at radius 1 is 0.926 bits per heavy atom. The van der Waals surface area contributed by atoms with E-state index in [2.05, 4.69) is 15.1 Å².